The van der Waals surface area contributed by atoms with Crippen molar-refractivity contribution in [1.82, 2.24) is 0 Å². The van der Waals surface area contributed by atoms with E-state index in [-0.39, 0.29) is 28.3 Å². The van der Waals surface area contributed by atoms with Crippen LogP contribution in [0.25, 0.3) is 0 Å². The molecule has 0 radical (unpaired) electrons. The van der Waals surface area contributed by atoms with Gasteiger partial charge in [0.15, 0.2) is 19.7 Å². The molecule has 3 rings (SSSR count). The van der Waals surface area contributed by atoms with Gasteiger partial charge in [-0.25, -0.2) is 16.8 Å². The van der Waals surface area contributed by atoms with Crippen LogP contribution >= 0.6 is 0 Å². The van der Waals surface area contributed by atoms with Crippen LogP contribution in [-0.4, -0.2) is 39.5 Å². The van der Waals surface area contributed by atoms with Crippen LogP contribution in [0.5, 0.6) is 0 Å². The number of hydrogen-bond acceptors (Lipinski definition) is 5. The molecule has 1 amide bonds. The Bertz CT molecular complexity index is 1140. The molecule has 1 N–H and O–H groups in total. The molecule has 156 valence electrons. The van der Waals surface area contributed by atoms with Gasteiger partial charge in [-0.15, -0.1) is 0 Å². The van der Waals surface area contributed by atoms with Crippen LogP contribution in [0.2, 0.25) is 0 Å². The molecule has 29 heavy (non-hydrogen) atoms. The van der Waals surface area contributed by atoms with E-state index < -0.39 is 48.3 Å². The van der Waals surface area contributed by atoms with E-state index in [0.717, 1.165) is 30.3 Å². The number of anilines is 1. The molecule has 1 aliphatic heterocycles. The molecule has 0 unspecified atom stereocenters. The van der Waals surface area contributed by atoms with Gasteiger partial charge in [-0.3, -0.25) is 4.79 Å². The van der Waals surface area contributed by atoms with Crippen LogP contribution in [0.4, 0.5) is 18.9 Å². The monoisotopic (exact) mass is 447 g/mol. The van der Waals surface area contributed by atoms with Crippen LogP contribution in [0.1, 0.15) is 22.3 Å². The third-order valence-electron chi connectivity index (χ3n) is 4.52. The highest BCUT2D eigenvalue weighted by Crippen LogP contribution is 2.30. The van der Waals surface area contributed by atoms with E-state index in [1.807, 2.05) is 0 Å². The van der Waals surface area contributed by atoms with Crippen LogP contribution < -0.4 is 5.32 Å². The van der Waals surface area contributed by atoms with Gasteiger partial charge in [0.1, 0.15) is 0 Å². The summed E-state index contributed by atoms with van der Waals surface area (Å²) in [6.45, 7) is 0. The minimum absolute atomic E-state index is 0.00730. The molecular weight excluding hydrogens is 431 g/mol. The van der Waals surface area contributed by atoms with Crippen molar-refractivity contribution in [3.05, 3.63) is 59.7 Å². The number of carbonyl (C=O) groups is 1. The molecule has 1 saturated heterocycles. The number of nitrogens with one attached hydrogen (secondary N) is 1. The summed E-state index contributed by atoms with van der Waals surface area (Å²) in [6.07, 6.45) is -4.51. The Morgan fingerprint density at radius 3 is 2.28 bits per heavy atom. The third-order valence-corrected chi connectivity index (χ3v) is 8.69. The van der Waals surface area contributed by atoms with Crippen molar-refractivity contribution in [2.75, 3.05) is 16.8 Å². The van der Waals surface area contributed by atoms with Crippen molar-refractivity contribution in [3.8, 4) is 0 Å². The summed E-state index contributed by atoms with van der Waals surface area (Å²) in [5.74, 6) is -1.37. The lowest BCUT2D eigenvalue weighted by Gasteiger charge is -2.12. The van der Waals surface area contributed by atoms with E-state index in [1.165, 1.54) is 18.2 Å². The smallest absolute Gasteiger partial charge is 0.322 e. The third kappa shape index (κ3) is 4.78. The lowest BCUT2D eigenvalue weighted by molar-refractivity contribution is -0.137. The molecule has 11 heteroatoms. The van der Waals surface area contributed by atoms with Gasteiger partial charge in [-0.1, -0.05) is 6.07 Å². The number of sulfone groups is 2. The van der Waals surface area contributed by atoms with Crippen molar-refractivity contribution in [2.45, 2.75) is 22.7 Å². The van der Waals surface area contributed by atoms with Crippen LogP contribution in [0.3, 0.4) is 0 Å². The molecule has 1 atom stereocenters. The normalized spacial score (nSPS) is 19.1. The molecule has 1 heterocycles. The van der Waals surface area contributed by atoms with Crippen molar-refractivity contribution in [1.29, 1.82) is 0 Å². The second kappa shape index (κ2) is 7.45. The fraction of sp³-hybridized carbons (Fsp3) is 0.278. The van der Waals surface area contributed by atoms with Gasteiger partial charge < -0.3 is 5.32 Å². The largest absolute Gasteiger partial charge is 0.416 e. The Balaban J connectivity index is 1.79. The molecule has 1 aliphatic rings. The van der Waals surface area contributed by atoms with E-state index in [9.17, 15) is 34.8 Å². The zero-order valence-electron chi connectivity index (χ0n) is 14.8. The lowest BCUT2D eigenvalue weighted by atomic mass is 10.2. The van der Waals surface area contributed by atoms with Crippen molar-refractivity contribution in [3.63, 3.8) is 0 Å². The first-order chi connectivity index (χ1) is 13.4. The summed E-state index contributed by atoms with van der Waals surface area (Å²) in [6, 6.07) is 8.90. The van der Waals surface area contributed by atoms with Gasteiger partial charge in [0, 0.05) is 11.3 Å². The topological polar surface area (TPSA) is 97.4 Å². The van der Waals surface area contributed by atoms with Gasteiger partial charge in [0.05, 0.1) is 27.2 Å². The zero-order valence-corrected chi connectivity index (χ0v) is 16.4. The molecular formula is C18H16F3NO5S2. The summed E-state index contributed by atoms with van der Waals surface area (Å²) in [5.41, 5.74) is -0.778. The van der Waals surface area contributed by atoms with Crippen LogP contribution in [0.15, 0.2) is 53.4 Å². The highest BCUT2D eigenvalue weighted by Gasteiger charge is 2.38. The quantitative estimate of drug-likeness (QED) is 0.777. The number of benzene rings is 2. The Hall–Kier alpha value is -2.40. The van der Waals surface area contributed by atoms with Crippen molar-refractivity contribution in [2.24, 2.45) is 0 Å². The average molecular weight is 447 g/mol. The molecule has 2 aromatic rings. The number of carbonyl (C=O) groups excluding carboxylic acids is 1. The van der Waals surface area contributed by atoms with Gasteiger partial charge >= 0.3 is 6.18 Å². The Morgan fingerprint density at radius 1 is 1.07 bits per heavy atom. The van der Waals surface area contributed by atoms with Gasteiger partial charge in [0.2, 0.25) is 0 Å². The summed E-state index contributed by atoms with van der Waals surface area (Å²) >= 11 is 0. The molecule has 6 nitrogen and oxygen atoms in total. The maximum absolute atomic E-state index is 12.7. The Kier molecular flexibility index (Phi) is 5.48. The van der Waals surface area contributed by atoms with E-state index >= 15 is 0 Å². The fourth-order valence-electron chi connectivity index (χ4n) is 2.96. The van der Waals surface area contributed by atoms with E-state index in [1.54, 1.807) is 0 Å². The maximum Gasteiger partial charge on any atom is 0.416 e. The summed E-state index contributed by atoms with van der Waals surface area (Å²) < 4.78 is 86.3. The Labute approximate surface area is 165 Å². The van der Waals surface area contributed by atoms with Gasteiger partial charge in [0.25, 0.3) is 5.91 Å². The summed E-state index contributed by atoms with van der Waals surface area (Å²) in [5, 5.41) is 1.33. The Morgan fingerprint density at radius 2 is 1.72 bits per heavy atom. The first kappa shape index (κ1) is 21.3. The number of rotatable bonds is 4. The first-order valence-corrected chi connectivity index (χ1v) is 11.8. The first-order valence-electron chi connectivity index (χ1n) is 8.41. The van der Waals surface area contributed by atoms with E-state index in [0.29, 0.717) is 0 Å². The zero-order chi connectivity index (χ0) is 21.4. The highest BCUT2D eigenvalue weighted by molar-refractivity contribution is 7.96. The minimum atomic E-state index is -4.50. The molecule has 2 aromatic carbocycles. The maximum atomic E-state index is 12.7. The van der Waals surface area contributed by atoms with Crippen molar-refractivity contribution < 1.29 is 34.8 Å². The molecule has 0 spiro atoms. The SMILES string of the molecule is O=C(Nc1ccc(C(F)(F)F)cc1)c1cccc(S(=O)(=O)[C@H]2CCS(=O)(=O)C2)c1. The molecule has 0 bridgehead atoms. The summed E-state index contributed by atoms with van der Waals surface area (Å²) in [4.78, 5) is 12.2. The van der Waals surface area contributed by atoms with Crippen LogP contribution in [-0.2, 0) is 25.9 Å². The molecule has 0 aromatic heterocycles. The second-order valence-corrected chi connectivity index (χ2v) is 11.1. The number of amides is 1. The lowest BCUT2D eigenvalue weighted by Crippen LogP contribution is -2.23. The molecule has 1 fully saturated rings. The standard InChI is InChI=1S/C18H16F3NO5S2/c19-18(20,21)13-4-6-14(7-5-13)22-17(23)12-2-1-3-15(10-12)29(26,27)16-8-9-28(24,25)11-16/h1-7,10,16H,8-9,11H2,(H,22,23)/t16-/m0/s1. The predicted octanol–water partition coefficient (Wildman–Crippen LogP) is 2.92. The van der Waals surface area contributed by atoms with Crippen LogP contribution in [0, 0.1) is 0 Å². The average Bonchev–Trinajstić information content (AvgIpc) is 3.02. The van der Waals surface area contributed by atoms with Gasteiger partial charge in [-0.05, 0) is 48.9 Å². The van der Waals surface area contributed by atoms with E-state index in [4.69, 9.17) is 0 Å². The number of alkyl halides is 3. The molecule has 0 aliphatic carbocycles. The fourth-order valence-corrected chi connectivity index (χ4v) is 7.36. The summed E-state index contributed by atoms with van der Waals surface area (Å²) in [7, 11) is -7.35. The predicted molar refractivity (Wildman–Crippen MR) is 100 cm³/mol. The molecule has 0 saturated carbocycles. The van der Waals surface area contributed by atoms with Crippen molar-refractivity contribution >= 4 is 31.3 Å². The van der Waals surface area contributed by atoms with E-state index in [2.05, 4.69) is 5.32 Å². The minimum Gasteiger partial charge on any atom is -0.322 e. The number of hydrogen-bond donors (Lipinski definition) is 1. The second-order valence-electron chi connectivity index (χ2n) is 6.63. The highest BCUT2D eigenvalue weighted by atomic mass is 32.2. The number of halogens is 3. The van der Waals surface area contributed by atoms with Gasteiger partial charge in [-0.2, -0.15) is 13.2 Å².